The van der Waals surface area contributed by atoms with Gasteiger partial charge in [0.05, 0.1) is 0 Å². The molecule has 3 unspecified atom stereocenters. The fourth-order valence-electron chi connectivity index (χ4n) is 4.49. The van der Waals surface area contributed by atoms with E-state index >= 15 is 0 Å². The Morgan fingerprint density at radius 2 is 1.74 bits per heavy atom. The number of rotatable bonds is 3. The summed E-state index contributed by atoms with van der Waals surface area (Å²) in [4.78, 5) is 2.29. The van der Waals surface area contributed by atoms with Gasteiger partial charge in [0.1, 0.15) is 0 Å². The third-order valence-corrected chi connectivity index (χ3v) is 9.11. The first-order valence-electron chi connectivity index (χ1n) is 9.43. The molecule has 0 amide bonds. The van der Waals surface area contributed by atoms with Crippen molar-refractivity contribution in [2.45, 2.75) is 54.7 Å². The van der Waals surface area contributed by atoms with Gasteiger partial charge in [-0.2, -0.15) is 0 Å². The zero-order chi connectivity index (χ0) is 19.2. The molecule has 4 rings (SSSR count). The first-order chi connectivity index (χ1) is 12.9. The summed E-state index contributed by atoms with van der Waals surface area (Å²) in [7, 11) is 0. The zero-order valence-corrected chi connectivity index (χ0v) is 18.1. The van der Waals surface area contributed by atoms with Crippen molar-refractivity contribution in [3.63, 3.8) is 0 Å². The number of phenols is 2. The molecule has 0 radical (unpaired) electrons. The van der Waals surface area contributed by atoms with Gasteiger partial charge in [-0.25, -0.2) is 0 Å². The van der Waals surface area contributed by atoms with E-state index in [1.54, 1.807) is 24.3 Å². The molecule has 2 aromatic rings. The molecule has 5 heteroatoms. The quantitative estimate of drug-likeness (QED) is 0.520. The summed E-state index contributed by atoms with van der Waals surface area (Å²) in [5.74, 6) is 1.44. The Morgan fingerprint density at radius 3 is 2.44 bits per heavy atom. The van der Waals surface area contributed by atoms with Gasteiger partial charge in [-0.05, 0) is 0 Å². The van der Waals surface area contributed by atoms with Crippen molar-refractivity contribution in [3.05, 3.63) is 47.5 Å². The van der Waals surface area contributed by atoms with E-state index in [4.69, 9.17) is 9.47 Å². The van der Waals surface area contributed by atoms with Crippen molar-refractivity contribution in [1.82, 2.24) is 0 Å². The Morgan fingerprint density at radius 1 is 1.07 bits per heavy atom. The van der Waals surface area contributed by atoms with Crippen LogP contribution in [-0.4, -0.2) is 20.9 Å². The molecule has 0 aromatic heterocycles. The fourth-order valence-corrected chi connectivity index (χ4v) is 6.47. The summed E-state index contributed by atoms with van der Waals surface area (Å²) < 4.78 is 12.9. The average molecular weight is 481 g/mol. The molecule has 0 saturated heterocycles. The van der Waals surface area contributed by atoms with Crippen LogP contribution in [0.4, 0.5) is 0 Å². The van der Waals surface area contributed by atoms with Crippen LogP contribution in [0.2, 0.25) is 0 Å². The monoisotopic (exact) mass is 481 g/mol. The second kappa shape index (κ2) is 6.76. The van der Waals surface area contributed by atoms with Crippen LogP contribution in [0.5, 0.6) is 23.0 Å². The number of fused-ring (bicyclic) bond motifs is 2. The number of alkyl halides is 2. The first-order valence-corrected chi connectivity index (χ1v) is 12.7. The molecular formula is C22H26IO4-. The van der Waals surface area contributed by atoms with Crippen LogP contribution in [0, 0.1) is 0 Å². The normalized spacial score (nSPS) is 28.9. The van der Waals surface area contributed by atoms with Gasteiger partial charge in [0, 0.05) is 0 Å². The van der Waals surface area contributed by atoms with Crippen molar-refractivity contribution < 1.29 is 40.9 Å². The molecule has 146 valence electrons. The van der Waals surface area contributed by atoms with Gasteiger partial charge >= 0.3 is 171 Å². The van der Waals surface area contributed by atoms with E-state index in [9.17, 15) is 10.2 Å². The number of ether oxygens (including phenoxy) is 2. The minimum atomic E-state index is -0.758. The van der Waals surface area contributed by atoms with Gasteiger partial charge in [0.25, 0.3) is 0 Å². The zero-order valence-electron chi connectivity index (χ0n) is 16.0. The number of hydrogen-bond donors (Lipinski definition) is 2. The third kappa shape index (κ3) is 3.24. The minimum absolute atomic E-state index is 0.00521. The summed E-state index contributed by atoms with van der Waals surface area (Å²) in [5.41, 5.74) is 2.32. The van der Waals surface area contributed by atoms with Crippen LogP contribution in [-0.2, 0) is 3.42 Å². The van der Waals surface area contributed by atoms with Crippen molar-refractivity contribution in [3.8, 4) is 23.0 Å². The van der Waals surface area contributed by atoms with Gasteiger partial charge in [0.2, 0.25) is 0 Å². The van der Waals surface area contributed by atoms with Gasteiger partial charge in [-0.3, -0.25) is 0 Å². The van der Waals surface area contributed by atoms with Crippen molar-refractivity contribution in [2.24, 2.45) is 0 Å². The molecule has 2 aliphatic heterocycles. The van der Waals surface area contributed by atoms with E-state index in [0.29, 0.717) is 5.92 Å². The van der Waals surface area contributed by atoms with Crippen molar-refractivity contribution in [1.29, 1.82) is 0 Å². The average Bonchev–Trinajstić information content (AvgIpc) is 2.61. The maximum atomic E-state index is 10.0. The molecule has 3 atom stereocenters. The number of halogens is 1. The molecule has 0 bridgehead atoms. The molecule has 2 heterocycles. The van der Waals surface area contributed by atoms with Crippen LogP contribution in [0.15, 0.2) is 36.4 Å². The van der Waals surface area contributed by atoms with E-state index in [1.165, 1.54) is 5.56 Å². The molecule has 2 N–H and O–H groups in total. The van der Waals surface area contributed by atoms with Crippen LogP contribution in [0.1, 0.15) is 56.6 Å². The van der Waals surface area contributed by atoms with Crippen molar-refractivity contribution >= 4 is 0 Å². The summed E-state index contributed by atoms with van der Waals surface area (Å²) >= 11 is -0.138. The van der Waals surface area contributed by atoms with Crippen LogP contribution in [0.3, 0.4) is 0 Å². The Hall–Kier alpha value is -1.63. The topological polar surface area (TPSA) is 58.9 Å². The van der Waals surface area contributed by atoms with E-state index in [0.717, 1.165) is 42.7 Å². The van der Waals surface area contributed by atoms with E-state index < -0.39 is 5.79 Å². The Balaban J connectivity index is 1.81. The molecule has 1 spiro atoms. The van der Waals surface area contributed by atoms with Gasteiger partial charge in [0.15, 0.2) is 0 Å². The maximum absolute atomic E-state index is 10.0. The van der Waals surface area contributed by atoms with E-state index in [2.05, 4.69) is 18.8 Å². The standard InChI is InChI=1S/C22H26IO4/c1-4-5-14-12-22(26-19-10-15(24)6-8-17(14)19)13-21(2,23-3)18-9-7-16(25)11-20(18)27-22/h6-11,14,24-25H,4-5,12-13H2,1-3H3/q-1. The first kappa shape index (κ1) is 18.7. The molecular weight excluding hydrogens is 455 g/mol. The molecule has 27 heavy (non-hydrogen) atoms. The van der Waals surface area contributed by atoms with E-state index in [-0.39, 0.29) is 36.1 Å². The number of aromatic hydroxyl groups is 2. The molecule has 4 nitrogen and oxygen atoms in total. The second-order valence-corrected chi connectivity index (χ2v) is 11.2. The molecule has 2 aliphatic rings. The number of benzene rings is 2. The molecule has 0 saturated carbocycles. The SMILES string of the molecule is CCCC1CC2(CC(C)([I-]C)c3ccc(O)cc3O2)Oc2cc(O)ccc21. The fraction of sp³-hybridized carbons (Fsp3) is 0.455. The predicted molar refractivity (Wildman–Crippen MR) is 100 cm³/mol. The molecule has 2 aromatic carbocycles. The van der Waals surface area contributed by atoms with Gasteiger partial charge in [-0.1, -0.05) is 0 Å². The Kier molecular flexibility index (Phi) is 4.69. The van der Waals surface area contributed by atoms with E-state index in [1.807, 2.05) is 12.1 Å². The molecule has 0 fully saturated rings. The second-order valence-electron chi connectivity index (χ2n) is 7.77. The van der Waals surface area contributed by atoms with Gasteiger partial charge < -0.3 is 0 Å². The van der Waals surface area contributed by atoms with Crippen molar-refractivity contribution in [2.75, 3.05) is 4.93 Å². The van der Waals surface area contributed by atoms with Gasteiger partial charge in [-0.15, -0.1) is 0 Å². The summed E-state index contributed by atoms with van der Waals surface area (Å²) in [6.07, 6.45) is 3.71. The summed E-state index contributed by atoms with van der Waals surface area (Å²) in [6.45, 7) is 4.48. The number of hydrogen-bond acceptors (Lipinski definition) is 4. The Bertz CT molecular complexity index is 867. The van der Waals surface area contributed by atoms with Crippen LogP contribution >= 0.6 is 0 Å². The number of phenolic OH excluding ortho intramolecular Hbond substituents is 2. The van der Waals surface area contributed by atoms with Crippen LogP contribution < -0.4 is 30.7 Å². The predicted octanol–water partition coefficient (Wildman–Crippen LogP) is 1.88. The summed E-state index contributed by atoms with van der Waals surface area (Å²) in [5, 5.41) is 20.0. The molecule has 0 aliphatic carbocycles. The Labute approximate surface area is 170 Å². The summed E-state index contributed by atoms with van der Waals surface area (Å²) in [6, 6.07) is 10.9. The van der Waals surface area contributed by atoms with Crippen LogP contribution in [0.25, 0.3) is 0 Å². The third-order valence-electron chi connectivity index (χ3n) is 5.77.